The van der Waals surface area contributed by atoms with Gasteiger partial charge in [0.1, 0.15) is 4.88 Å². The van der Waals surface area contributed by atoms with E-state index in [1.165, 1.54) is 17.4 Å². The van der Waals surface area contributed by atoms with Gasteiger partial charge in [0.15, 0.2) is 0 Å². The van der Waals surface area contributed by atoms with E-state index in [9.17, 15) is 9.59 Å². The Balaban J connectivity index is 2.50. The molecule has 0 saturated heterocycles. The maximum atomic E-state index is 11.0. The molecule has 2 heterocycles. The van der Waals surface area contributed by atoms with E-state index < -0.39 is 5.97 Å². The number of carboxylic acids is 1. The zero-order valence-electron chi connectivity index (χ0n) is 8.48. The van der Waals surface area contributed by atoms with Crippen molar-refractivity contribution in [2.45, 2.75) is 6.92 Å². The van der Waals surface area contributed by atoms with E-state index in [0.29, 0.717) is 4.88 Å². The summed E-state index contributed by atoms with van der Waals surface area (Å²) in [5, 5.41) is 10.6. The number of nitrogens with one attached hydrogen (secondary N) is 1. The second-order valence-electron chi connectivity index (χ2n) is 3.40. The summed E-state index contributed by atoms with van der Waals surface area (Å²) in [5.41, 5.74) is 2.34. The second-order valence-corrected chi connectivity index (χ2v) is 4.31. The minimum atomic E-state index is -0.932. The third-order valence-corrected chi connectivity index (χ3v) is 3.17. The molecule has 0 aliphatic carbocycles. The van der Waals surface area contributed by atoms with Gasteiger partial charge in [-0.05, 0) is 29.5 Å². The number of thiophene rings is 1. The Labute approximate surface area is 95.2 Å². The van der Waals surface area contributed by atoms with Crippen LogP contribution in [0.25, 0.3) is 11.1 Å². The lowest BCUT2D eigenvalue weighted by Gasteiger charge is -2.00. The van der Waals surface area contributed by atoms with Gasteiger partial charge in [-0.1, -0.05) is 0 Å². The van der Waals surface area contributed by atoms with Gasteiger partial charge in [0.2, 0.25) is 5.56 Å². The van der Waals surface area contributed by atoms with E-state index in [2.05, 4.69) is 4.98 Å². The predicted octanol–water partition coefficient (Wildman–Crippen LogP) is 2.11. The van der Waals surface area contributed by atoms with Crippen LogP contribution in [0.2, 0.25) is 0 Å². The van der Waals surface area contributed by atoms with Gasteiger partial charge in [-0.2, -0.15) is 0 Å². The maximum absolute atomic E-state index is 11.0. The summed E-state index contributed by atoms with van der Waals surface area (Å²) in [6.07, 6.45) is 1.60. The molecule has 0 unspecified atom stereocenters. The highest BCUT2D eigenvalue weighted by Crippen LogP contribution is 2.26. The lowest BCUT2D eigenvalue weighted by atomic mass is 10.1. The summed E-state index contributed by atoms with van der Waals surface area (Å²) in [6.45, 7) is 1.82. The van der Waals surface area contributed by atoms with Crippen LogP contribution in [0.1, 0.15) is 15.2 Å². The van der Waals surface area contributed by atoms with Gasteiger partial charge < -0.3 is 10.1 Å². The molecule has 4 nitrogen and oxygen atoms in total. The molecule has 0 amide bonds. The minimum Gasteiger partial charge on any atom is -0.477 e. The first-order chi connectivity index (χ1) is 7.58. The molecular weight excluding hydrogens is 226 g/mol. The largest absolute Gasteiger partial charge is 0.477 e. The number of aromatic amines is 1. The van der Waals surface area contributed by atoms with Crippen LogP contribution in [0.15, 0.2) is 28.5 Å². The van der Waals surface area contributed by atoms with Gasteiger partial charge in [0.25, 0.3) is 0 Å². The molecule has 0 bridgehead atoms. The molecule has 2 aromatic rings. The molecule has 2 rings (SSSR count). The van der Waals surface area contributed by atoms with Crippen molar-refractivity contribution in [2.24, 2.45) is 0 Å². The van der Waals surface area contributed by atoms with Crippen LogP contribution in [0.5, 0.6) is 0 Å². The fraction of sp³-hybridized carbons (Fsp3) is 0.0909. The predicted molar refractivity (Wildman–Crippen MR) is 62.1 cm³/mol. The van der Waals surface area contributed by atoms with Crippen molar-refractivity contribution in [3.63, 3.8) is 0 Å². The molecule has 0 aliphatic rings. The number of carbonyl (C=O) groups is 1. The quantitative estimate of drug-likeness (QED) is 0.837. The second kappa shape index (κ2) is 3.94. The fourth-order valence-corrected chi connectivity index (χ4v) is 2.22. The normalized spacial score (nSPS) is 10.3. The molecule has 5 heteroatoms. The SMILES string of the molecule is Cc1cc(=O)[nH]cc1-c1csc(C(=O)O)c1. The van der Waals surface area contributed by atoms with E-state index in [0.717, 1.165) is 16.7 Å². The Kier molecular flexibility index (Phi) is 2.62. The molecule has 2 N–H and O–H groups in total. The topological polar surface area (TPSA) is 70.2 Å². The maximum Gasteiger partial charge on any atom is 0.345 e. The number of hydrogen-bond acceptors (Lipinski definition) is 3. The van der Waals surface area contributed by atoms with E-state index in [4.69, 9.17) is 5.11 Å². The first-order valence-electron chi connectivity index (χ1n) is 4.59. The van der Waals surface area contributed by atoms with Gasteiger partial charge in [-0.15, -0.1) is 11.3 Å². The van der Waals surface area contributed by atoms with Crippen molar-refractivity contribution in [3.05, 3.63) is 44.5 Å². The molecule has 0 aromatic carbocycles. The Morgan fingerprint density at radius 2 is 2.19 bits per heavy atom. The highest BCUT2D eigenvalue weighted by atomic mass is 32.1. The summed E-state index contributed by atoms with van der Waals surface area (Å²) < 4.78 is 0. The first kappa shape index (κ1) is 10.6. The number of carboxylic acid groups (broad SMARTS) is 1. The molecular formula is C11H9NO3S. The zero-order chi connectivity index (χ0) is 11.7. The third kappa shape index (κ3) is 1.90. The van der Waals surface area contributed by atoms with Gasteiger partial charge >= 0.3 is 5.97 Å². The van der Waals surface area contributed by atoms with Crippen LogP contribution >= 0.6 is 11.3 Å². The van der Waals surface area contributed by atoms with Crippen molar-refractivity contribution >= 4 is 17.3 Å². The molecule has 0 atom stereocenters. The smallest absolute Gasteiger partial charge is 0.345 e. The van der Waals surface area contributed by atoms with Crippen LogP contribution < -0.4 is 5.56 Å². The Morgan fingerprint density at radius 1 is 1.44 bits per heavy atom. The van der Waals surface area contributed by atoms with Crippen molar-refractivity contribution in [2.75, 3.05) is 0 Å². The molecule has 0 aliphatic heterocycles. The van der Waals surface area contributed by atoms with Gasteiger partial charge in [0.05, 0.1) is 0 Å². The molecule has 0 saturated carbocycles. The summed E-state index contributed by atoms with van der Waals surface area (Å²) in [6, 6.07) is 3.10. The fourth-order valence-electron chi connectivity index (χ4n) is 1.47. The number of rotatable bonds is 2. The van der Waals surface area contributed by atoms with Gasteiger partial charge in [0, 0.05) is 17.8 Å². The molecule has 16 heavy (non-hydrogen) atoms. The van der Waals surface area contributed by atoms with Crippen molar-refractivity contribution < 1.29 is 9.90 Å². The van der Waals surface area contributed by atoms with E-state index in [1.807, 2.05) is 6.92 Å². The number of H-pyrrole nitrogens is 1. The van der Waals surface area contributed by atoms with E-state index in [-0.39, 0.29) is 5.56 Å². The number of aromatic nitrogens is 1. The van der Waals surface area contributed by atoms with Crippen molar-refractivity contribution in [1.29, 1.82) is 0 Å². The van der Waals surface area contributed by atoms with Crippen LogP contribution in [0.3, 0.4) is 0 Å². The Bertz CT molecular complexity index is 597. The third-order valence-electron chi connectivity index (χ3n) is 2.25. The lowest BCUT2D eigenvalue weighted by Crippen LogP contribution is -2.04. The summed E-state index contributed by atoms with van der Waals surface area (Å²) in [7, 11) is 0. The monoisotopic (exact) mass is 235 g/mol. The van der Waals surface area contributed by atoms with Gasteiger partial charge in [-0.25, -0.2) is 4.79 Å². The molecule has 0 radical (unpaired) electrons. The highest BCUT2D eigenvalue weighted by molar-refractivity contribution is 7.12. The zero-order valence-corrected chi connectivity index (χ0v) is 9.30. The van der Waals surface area contributed by atoms with Crippen LogP contribution in [0.4, 0.5) is 0 Å². The average Bonchev–Trinajstić information content (AvgIpc) is 2.66. The van der Waals surface area contributed by atoms with E-state index in [1.54, 1.807) is 17.6 Å². The van der Waals surface area contributed by atoms with Crippen molar-refractivity contribution in [3.8, 4) is 11.1 Å². The number of aryl methyl sites for hydroxylation is 1. The van der Waals surface area contributed by atoms with Gasteiger partial charge in [-0.3, -0.25) is 4.79 Å². The molecule has 0 fully saturated rings. The Hall–Kier alpha value is -1.88. The van der Waals surface area contributed by atoms with Crippen LogP contribution in [-0.2, 0) is 0 Å². The summed E-state index contributed by atoms with van der Waals surface area (Å²) in [5.74, 6) is -0.932. The van der Waals surface area contributed by atoms with Crippen molar-refractivity contribution in [1.82, 2.24) is 4.98 Å². The molecule has 82 valence electrons. The first-order valence-corrected chi connectivity index (χ1v) is 5.47. The Morgan fingerprint density at radius 3 is 2.75 bits per heavy atom. The van der Waals surface area contributed by atoms with E-state index >= 15 is 0 Å². The highest BCUT2D eigenvalue weighted by Gasteiger charge is 2.09. The number of pyridine rings is 1. The summed E-state index contributed by atoms with van der Waals surface area (Å²) >= 11 is 1.17. The lowest BCUT2D eigenvalue weighted by molar-refractivity contribution is 0.0702. The standard InChI is InChI=1S/C11H9NO3S/c1-6-2-10(13)12-4-8(6)7-3-9(11(14)15)16-5-7/h2-5H,1H3,(H,12,13)(H,14,15). The molecule has 2 aromatic heterocycles. The molecule has 0 spiro atoms. The van der Waals surface area contributed by atoms with Crippen LogP contribution in [-0.4, -0.2) is 16.1 Å². The minimum absolute atomic E-state index is 0.157. The summed E-state index contributed by atoms with van der Waals surface area (Å²) in [4.78, 5) is 24.6. The number of hydrogen-bond donors (Lipinski definition) is 2. The van der Waals surface area contributed by atoms with Crippen LogP contribution in [0, 0.1) is 6.92 Å². The number of aromatic carboxylic acids is 1. The average molecular weight is 235 g/mol.